The molecule has 6 nitrogen and oxygen atoms in total. The van der Waals surface area contributed by atoms with Gasteiger partial charge in [0.1, 0.15) is 11.5 Å². The summed E-state index contributed by atoms with van der Waals surface area (Å²) in [5.74, 6) is 0.430. The standard InChI is InChI=1S/C24H24N2O4/c1-30-22-11-10-19(17-6-2-3-7-18(17)22)24(29)26-14-12-16(13-15-26)23(28)25-20-8-4-5-9-21(20)27/h2-11,16,27H,12-15H2,1H3,(H,25,28). The lowest BCUT2D eigenvalue weighted by Crippen LogP contribution is -2.41. The fourth-order valence-electron chi connectivity index (χ4n) is 3.97. The molecule has 30 heavy (non-hydrogen) atoms. The molecular formula is C24H24N2O4. The minimum atomic E-state index is -0.193. The van der Waals surface area contributed by atoms with Crippen LogP contribution in [-0.2, 0) is 4.79 Å². The number of nitrogens with one attached hydrogen (secondary N) is 1. The number of nitrogens with zero attached hydrogens (tertiary/aromatic N) is 1. The van der Waals surface area contributed by atoms with Crippen LogP contribution in [0.1, 0.15) is 23.2 Å². The Hall–Kier alpha value is -3.54. The maximum atomic E-state index is 13.2. The van der Waals surface area contributed by atoms with E-state index in [1.165, 1.54) is 6.07 Å². The van der Waals surface area contributed by atoms with E-state index in [1.807, 2.05) is 30.3 Å². The van der Waals surface area contributed by atoms with Gasteiger partial charge in [-0.3, -0.25) is 9.59 Å². The van der Waals surface area contributed by atoms with Gasteiger partial charge in [-0.2, -0.15) is 0 Å². The van der Waals surface area contributed by atoms with Crippen molar-refractivity contribution in [3.05, 3.63) is 66.2 Å². The third kappa shape index (κ3) is 3.81. The molecule has 2 amide bonds. The predicted molar refractivity (Wildman–Crippen MR) is 116 cm³/mol. The van der Waals surface area contributed by atoms with Crippen molar-refractivity contribution in [2.45, 2.75) is 12.8 Å². The van der Waals surface area contributed by atoms with Crippen LogP contribution < -0.4 is 10.1 Å². The monoisotopic (exact) mass is 404 g/mol. The molecule has 0 saturated carbocycles. The molecule has 0 unspecified atom stereocenters. The van der Waals surface area contributed by atoms with Gasteiger partial charge in [-0.1, -0.05) is 36.4 Å². The van der Waals surface area contributed by atoms with Crippen LogP contribution in [-0.4, -0.2) is 42.0 Å². The number of methoxy groups -OCH3 is 1. The molecule has 0 bridgehead atoms. The van der Waals surface area contributed by atoms with Crippen molar-refractivity contribution >= 4 is 28.3 Å². The highest BCUT2D eigenvalue weighted by Crippen LogP contribution is 2.30. The first-order valence-corrected chi connectivity index (χ1v) is 10.0. The molecule has 154 valence electrons. The average Bonchev–Trinajstić information content (AvgIpc) is 2.79. The zero-order chi connectivity index (χ0) is 21.1. The van der Waals surface area contributed by atoms with Crippen molar-refractivity contribution in [3.63, 3.8) is 0 Å². The Morgan fingerprint density at radius 3 is 2.33 bits per heavy atom. The number of anilines is 1. The smallest absolute Gasteiger partial charge is 0.254 e. The summed E-state index contributed by atoms with van der Waals surface area (Å²) in [6, 6.07) is 18.0. The second-order valence-electron chi connectivity index (χ2n) is 7.43. The van der Waals surface area contributed by atoms with Crippen LogP contribution in [0.25, 0.3) is 10.8 Å². The molecule has 1 saturated heterocycles. The first kappa shape index (κ1) is 19.8. The zero-order valence-corrected chi connectivity index (χ0v) is 16.8. The van der Waals surface area contributed by atoms with Gasteiger partial charge < -0.3 is 20.1 Å². The van der Waals surface area contributed by atoms with Crippen molar-refractivity contribution in [2.75, 3.05) is 25.5 Å². The minimum Gasteiger partial charge on any atom is -0.506 e. The van der Waals surface area contributed by atoms with Gasteiger partial charge >= 0.3 is 0 Å². The van der Waals surface area contributed by atoms with Crippen LogP contribution in [0.3, 0.4) is 0 Å². The number of para-hydroxylation sites is 2. The van der Waals surface area contributed by atoms with Crippen molar-refractivity contribution < 1.29 is 19.4 Å². The van der Waals surface area contributed by atoms with E-state index in [4.69, 9.17) is 4.74 Å². The molecule has 1 fully saturated rings. The number of carbonyl (C=O) groups is 2. The van der Waals surface area contributed by atoms with Gasteiger partial charge in [0.2, 0.25) is 5.91 Å². The number of benzene rings is 3. The molecule has 3 aromatic carbocycles. The second-order valence-corrected chi connectivity index (χ2v) is 7.43. The van der Waals surface area contributed by atoms with E-state index >= 15 is 0 Å². The summed E-state index contributed by atoms with van der Waals surface area (Å²) in [7, 11) is 1.62. The fraction of sp³-hybridized carbons (Fsp3) is 0.250. The lowest BCUT2D eigenvalue weighted by atomic mass is 9.94. The lowest BCUT2D eigenvalue weighted by molar-refractivity contribution is -0.121. The number of likely N-dealkylation sites (tertiary alicyclic amines) is 1. The van der Waals surface area contributed by atoms with E-state index in [9.17, 15) is 14.7 Å². The van der Waals surface area contributed by atoms with Gasteiger partial charge in [-0.15, -0.1) is 0 Å². The molecule has 0 radical (unpaired) electrons. The third-order valence-corrected chi connectivity index (χ3v) is 5.65. The summed E-state index contributed by atoms with van der Waals surface area (Å²) in [4.78, 5) is 27.6. The van der Waals surface area contributed by atoms with E-state index in [0.717, 1.165) is 16.5 Å². The van der Waals surface area contributed by atoms with Gasteiger partial charge in [0.25, 0.3) is 5.91 Å². The summed E-state index contributed by atoms with van der Waals surface area (Å²) in [5, 5.41) is 14.4. The van der Waals surface area contributed by atoms with E-state index < -0.39 is 0 Å². The minimum absolute atomic E-state index is 0.0339. The van der Waals surface area contributed by atoms with Gasteiger partial charge in [0.05, 0.1) is 12.8 Å². The van der Waals surface area contributed by atoms with E-state index in [2.05, 4.69) is 5.32 Å². The van der Waals surface area contributed by atoms with Gasteiger partial charge in [0.15, 0.2) is 0 Å². The molecule has 4 rings (SSSR count). The average molecular weight is 404 g/mol. The summed E-state index contributed by atoms with van der Waals surface area (Å²) < 4.78 is 5.42. The predicted octanol–water partition coefficient (Wildman–Crippen LogP) is 4.04. The number of piperidine rings is 1. The highest BCUT2D eigenvalue weighted by Gasteiger charge is 2.29. The number of ether oxygens (including phenoxy) is 1. The third-order valence-electron chi connectivity index (χ3n) is 5.65. The number of phenols is 1. The molecule has 0 aliphatic carbocycles. The topological polar surface area (TPSA) is 78.9 Å². The lowest BCUT2D eigenvalue weighted by Gasteiger charge is -2.31. The van der Waals surface area contributed by atoms with Crippen LogP contribution in [0.2, 0.25) is 0 Å². The van der Waals surface area contributed by atoms with Crippen LogP contribution in [0.5, 0.6) is 11.5 Å². The number of amides is 2. The van der Waals surface area contributed by atoms with Crippen LogP contribution in [0.15, 0.2) is 60.7 Å². The Labute approximate surface area is 175 Å². The maximum absolute atomic E-state index is 13.2. The van der Waals surface area contributed by atoms with Crippen LogP contribution in [0, 0.1) is 5.92 Å². The number of carbonyl (C=O) groups excluding carboxylic acids is 2. The molecular weight excluding hydrogens is 380 g/mol. The van der Waals surface area contributed by atoms with Gasteiger partial charge in [-0.05, 0) is 42.5 Å². The molecule has 0 spiro atoms. The number of hydrogen-bond acceptors (Lipinski definition) is 4. The number of rotatable bonds is 4. The number of hydrogen-bond donors (Lipinski definition) is 2. The molecule has 6 heteroatoms. The summed E-state index contributed by atoms with van der Waals surface area (Å²) >= 11 is 0. The Balaban J connectivity index is 1.44. The molecule has 3 aromatic rings. The van der Waals surface area contributed by atoms with Crippen molar-refractivity contribution in [2.24, 2.45) is 5.92 Å². The van der Waals surface area contributed by atoms with Crippen molar-refractivity contribution in [1.29, 1.82) is 0 Å². The van der Waals surface area contributed by atoms with Gasteiger partial charge in [-0.25, -0.2) is 0 Å². The Kier molecular flexibility index (Phi) is 5.57. The first-order valence-electron chi connectivity index (χ1n) is 10.0. The van der Waals surface area contributed by atoms with E-state index in [0.29, 0.717) is 37.2 Å². The molecule has 0 atom stereocenters. The van der Waals surface area contributed by atoms with Gasteiger partial charge in [0, 0.05) is 30.0 Å². The molecule has 1 aliphatic rings. The highest BCUT2D eigenvalue weighted by molar-refractivity contribution is 6.08. The van der Waals surface area contributed by atoms with Crippen LogP contribution in [0.4, 0.5) is 5.69 Å². The van der Waals surface area contributed by atoms with E-state index in [-0.39, 0.29) is 23.5 Å². The maximum Gasteiger partial charge on any atom is 0.254 e. The SMILES string of the molecule is COc1ccc(C(=O)N2CCC(C(=O)Nc3ccccc3O)CC2)c2ccccc12. The Morgan fingerprint density at radius 1 is 0.967 bits per heavy atom. The molecule has 0 aromatic heterocycles. The summed E-state index contributed by atoms with van der Waals surface area (Å²) in [5.41, 5.74) is 1.05. The first-order chi connectivity index (χ1) is 14.6. The molecule has 1 heterocycles. The second kappa shape index (κ2) is 8.45. The fourth-order valence-corrected chi connectivity index (χ4v) is 3.97. The quantitative estimate of drug-likeness (QED) is 0.643. The van der Waals surface area contributed by atoms with Crippen molar-refractivity contribution in [3.8, 4) is 11.5 Å². The Morgan fingerprint density at radius 2 is 1.63 bits per heavy atom. The summed E-state index contributed by atoms with van der Waals surface area (Å²) in [6.07, 6.45) is 1.17. The van der Waals surface area contributed by atoms with Crippen molar-refractivity contribution in [1.82, 2.24) is 4.90 Å². The molecule has 2 N–H and O–H groups in total. The summed E-state index contributed by atoms with van der Waals surface area (Å²) in [6.45, 7) is 1.02. The highest BCUT2D eigenvalue weighted by atomic mass is 16.5. The Bertz CT molecular complexity index is 1090. The zero-order valence-electron chi connectivity index (χ0n) is 16.8. The largest absolute Gasteiger partial charge is 0.506 e. The van der Waals surface area contributed by atoms with Crippen LogP contribution >= 0.6 is 0 Å². The number of fused-ring (bicyclic) bond motifs is 1. The number of aromatic hydroxyl groups is 1. The molecule has 1 aliphatic heterocycles. The van der Waals surface area contributed by atoms with E-state index in [1.54, 1.807) is 36.3 Å². The normalized spacial score (nSPS) is 14.5. The number of phenolic OH excluding ortho intramolecular Hbond substituents is 1.